The van der Waals surface area contributed by atoms with Crippen molar-refractivity contribution in [2.75, 3.05) is 0 Å². The standard InChI is InChI=1S/C10H8F6/c1-5-3-7(9(11,12)13)8(4-6(5)2)10(14,15)16/h3-4H,1-2H3. The predicted molar refractivity (Wildman–Crippen MR) is 45.9 cm³/mol. The molecule has 0 aliphatic rings. The molecule has 0 bridgehead atoms. The fraction of sp³-hybridized carbons (Fsp3) is 0.400. The molecule has 0 radical (unpaired) electrons. The SMILES string of the molecule is Cc1cc(C(F)(F)F)c(C(F)(F)F)cc1C. The molecule has 0 aliphatic heterocycles. The van der Waals surface area contributed by atoms with Crippen molar-refractivity contribution >= 4 is 0 Å². The molecule has 0 N–H and O–H groups in total. The smallest absolute Gasteiger partial charge is 0.166 e. The zero-order chi connectivity index (χ0) is 12.7. The van der Waals surface area contributed by atoms with E-state index in [1.165, 1.54) is 13.8 Å². The van der Waals surface area contributed by atoms with Crippen LogP contribution < -0.4 is 0 Å². The van der Waals surface area contributed by atoms with Gasteiger partial charge in [-0.15, -0.1) is 0 Å². The van der Waals surface area contributed by atoms with Gasteiger partial charge in [0.25, 0.3) is 0 Å². The summed E-state index contributed by atoms with van der Waals surface area (Å²) in [6, 6.07) is 1.05. The molecule has 0 saturated heterocycles. The molecule has 0 heterocycles. The highest BCUT2D eigenvalue weighted by molar-refractivity contribution is 5.40. The number of rotatable bonds is 0. The number of hydrogen-bond acceptors (Lipinski definition) is 0. The van der Waals surface area contributed by atoms with E-state index in [1.54, 1.807) is 0 Å². The third kappa shape index (κ3) is 2.48. The minimum atomic E-state index is -5.00. The molecule has 0 fully saturated rings. The maximum Gasteiger partial charge on any atom is 0.417 e. The maximum atomic E-state index is 12.4. The van der Waals surface area contributed by atoms with Crippen LogP contribution in [0.3, 0.4) is 0 Å². The molecule has 6 heteroatoms. The van der Waals surface area contributed by atoms with Crippen molar-refractivity contribution in [1.29, 1.82) is 0 Å². The summed E-state index contributed by atoms with van der Waals surface area (Å²) in [7, 11) is 0. The molecular formula is C10H8F6. The van der Waals surface area contributed by atoms with Gasteiger partial charge in [-0.2, -0.15) is 26.3 Å². The number of benzene rings is 1. The van der Waals surface area contributed by atoms with Crippen LogP contribution in [-0.2, 0) is 12.4 Å². The molecule has 0 saturated carbocycles. The Labute approximate surface area is 87.9 Å². The Bertz CT molecular complexity index is 360. The van der Waals surface area contributed by atoms with Crippen LogP contribution in [0.5, 0.6) is 0 Å². The number of halogens is 6. The summed E-state index contributed by atoms with van der Waals surface area (Å²) >= 11 is 0. The minimum absolute atomic E-state index is 0.181. The lowest BCUT2D eigenvalue weighted by Crippen LogP contribution is -2.17. The molecule has 90 valence electrons. The van der Waals surface area contributed by atoms with Crippen LogP contribution in [0.1, 0.15) is 22.3 Å². The van der Waals surface area contributed by atoms with E-state index in [1.807, 2.05) is 0 Å². The van der Waals surface area contributed by atoms with Crippen LogP contribution >= 0.6 is 0 Å². The normalized spacial score (nSPS) is 13.0. The van der Waals surface area contributed by atoms with E-state index >= 15 is 0 Å². The van der Waals surface area contributed by atoms with Gasteiger partial charge in [0.15, 0.2) is 0 Å². The summed E-state index contributed by atoms with van der Waals surface area (Å²) in [5.74, 6) is 0. The molecule has 1 rings (SSSR count). The van der Waals surface area contributed by atoms with Gasteiger partial charge in [0.05, 0.1) is 11.1 Å². The van der Waals surface area contributed by atoms with Crippen LogP contribution in [0.2, 0.25) is 0 Å². The van der Waals surface area contributed by atoms with E-state index in [4.69, 9.17) is 0 Å². The third-order valence-electron chi connectivity index (χ3n) is 2.24. The zero-order valence-electron chi connectivity index (χ0n) is 8.42. The van der Waals surface area contributed by atoms with Gasteiger partial charge in [-0.3, -0.25) is 0 Å². The van der Waals surface area contributed by atoms with Crippen LogP contribution in [-0.4, -0.2) is 0 Å². The van der Waals surface area contributed by atoms with Crippen LogP contribution in [0.15, 0.2) is 12.1 Å². The van der Waals surface area contributed by atoms with Crippen molar-refractivity contribution in [3.05, 3.63) is 34.4 Å². The fourth-order valence-corrected chi connectivity index (χ4v) is 1.29. The lowest BCUT2D eigenvalue weighted by Gasteiger charge is -2.17. The largest absolute Gasteiger partial charge is 0.417 e. The average Bonchev–Trinajstić information content (AvgIpc) is 2.05. The second-order valence-corrected chi connectivity index (χ2v) is 3.48. The van der Waals surface area contributed by atoms with E-state index in [9.17, 15) is 26.3 Å². The van der Waals surface area contributed by atoms with Gasteiger partial charge in [0.1, 0.15) is 0 Å². The Morgan fingerprint density at radius 3 is 1.12 bits per heavy atom. The summed E-state index contributed by atoms with van der Waals surface area (Å²) in [5.41, 5.74) is -2.91. The van der Waals surface area contributed by atoms with Crippen molar-refractivity contribution in [3.63, 3.8) is 0 Å². The highest BCUT2D eigenvalue weighted by Crippen LogP contribution is 2.41. The third-order valence-corrected chi connectivity index (χ3v) is 2.24. The second kappa shape index (κ2) is 3.68. The molecule has 0 atom stereocenters. The molecule has 16 heavy (non-hydrogen) atoms. The first kappa shape index (κ1) is 12.9. The van der Waals surface area contributed by atoms with Crippen molar-refractivity contribution in [1.82, 2.24) is 0 Å². The quantitative estimate of drug-likeness (QED) is 0.593. The second-order valence-electron chi connectivity index (χ2n) is 3.48. The first-order valence-corrected chi connectivity index (χ1v) is 4.29. The lowest BCUT2D eigenvalue weighted by molar-refractivity contribution is -0.162. The van der Waals surface area contributed by atoms with Crippen LogP contribution in [0.4, 0.5) is 26.3 Å². The number of aryl methyl sites for hydroxylation is 2. The molecular weight excluding hydrogens is 234 g/mol. The van der Waals surface area contributed by atoms with Gasteiger partial charge in [0, 0.05) is 0 Å². The first-order chi connectivity index (χ1) is 7.03. The first-order valence-electron chi connectivity index (χ1n) is 4.29. The van der Waals surface area contributed by atoms with E-state index in [-0.39, 0.29) is 11.1 Å². The lowest BCUT2D eigenvalue weighted by atomic mass is 9.99. The predicted octanol–water partition coefficient (Wildman–Crippen LogP) is 4.34. The Kier molecular flexibility index (Phi) is 2.96. The van der Waals surface area contributed by atoms with Crippen LogP contribution in [0.25, 0.3) is 0 Å². The molecule has 0 aromatic heterocycles. The van der Waals surface area contributed by atoms with E-state index in [0.29, 0.717) is 12.1 Å². The summed E-state index contributed by atoms with van der Waals surface area (Å²) in [6.45, 7) is 2.68. The van der Waals surface area contributed by atoms with E-state index in [0.717, 1.165) is 0 Å². The van der Waals surface area contributed by atoms with Gasteiger partial charge in [0.2, 0.25) is 0 Å². The van der Waals surface area contributed by atoms with Gasteiger partial charge in [-0.1, -0.05) is 0 Å². The van der Waals surface area contributed by atoms with Crippen molar-refractivity contribution in [2.24, 2.45) is 0 Å². The van der Waals surface area contributed by atoms with Gasteiger partial charge in [-0.25, -0.2) is 0 Å². The Morgan fingerprint density at radius 1 is 0.688 bits per heavy atom. The summed E-state index contributed by atoms with van der Waals surface area (Å²) in [5, 5.41) is 0. The molecule has 0 unspecified atom stereocenters. The molecule has 1 aromatic rings. The van der Waals surface area contributed by atoms with Crippen molar-refractivity contribution < 1.29 is 26.3 Å². The Balaban J connectivity index is 3.53. The molecule has 0 nitrogen and oxygen atoms in total. The maximum absolute atomic E-state index is 12.4. The fourth-order valence-electron chi connectivity index (χ4n) is 1.29. The monoisotopic (exact) mass is 242 g/mol. The van der Waals surface area contributed by atoms with E-state index < -0.39 is 23.5 Å². The zero-order valence-corrected chi connectivity index (χ0v) is 8.42. The van der Waals surface area contributed by atoms with Crippen molar-refractivity contribution in [2.45, 2.75) is 26.2 Å². The molecule has 0 aliphatic carbocycles. The highest BCUT2D eigenvalue weighted by Gasteiger charge is 2.43. The Hall–Kier alpha value is -1.20. The van der Waals surface area contributed by atoms with Crippen LogP contribution in [0, 0.1) is 13.8 Å². The molecule has 0 amide bonds. The molecule has 1 aromatic carbocycles. The molecule has 0 spiro atoms. The average molecular weight is 242 g/mol. The van der Waals surface area contributed by atoms with E-state index in [2.05, 4.69) is 0 Å². The number of alkyl halides is 6. The highest BCUT2D eigenvalue weighted by atomic mass is 19.4. The van der Waals surface area contributed by atoms with Gasteiger partial charge < -0.3 is 0 Å². The van der Waals surface area contributed by atoms with Gasteiger partial charge in [-0.05, 0) is 37.1 Å². The summed E-state index contributed by atoms with van der Waals surface area (Å²) in [4.78, 5) is 0. The van der Waals surface area contributed by atoms with Gasteiger partial charge >= 0.3 is 12.4 Å². The summed E-state index contributed by atoms with van der Waals surface area (Å²) in [6.07, 6.45) is -9.99. The Morgan fingerprint density at radius 2 is 0.938 bits per heavy atom. The topological polar surface area (TPSA) is 0 Å². The number of hydrogen-bond donors (Lipinski definition) is 0. The minimum Gasteiger partial charge on any atom is -0.166 e. The summed E-state index contributed by atoms with van der Waals surface area (Å²) < 4.78 is 74.3. The van der Waals surface area contributed by atoms with Crippen molar-refractivity contribution in [3.8, 4) is 0 Å².